The van der Waals surface area contributed by atoms with Gasteiger partial charge in [-0.1, -0.05) is 29.8 Å². The van der Waals surface area contributed by atoms with Crippen LogP contribution in [0.5, 0.6) is 0 Å². The topological polar surface area (TPSA) is 17.3 Å². The Morgan fingerprint density at radius 3 is 2.72 bits per heavy atom. The minimum absolute atomic E-state index is 0.707. The van der Waals surface area contributed by atoms with Crippen molar-refractivity contribution >= 4 is 33.0 Å². The molecule has 0 atom stereocenters. The third-order valence-electron chi connectivity index (χ3n) is 2.94. The summed E-state index contributed by atoms with van der Waals surface area (Å²) in [6.45, 7) is 2.07. The van der Waals surface area contributed by atoms with Gasteiger partial charge in [0.15, 0.2) is 0 Å². The Morgan fingerprint density at radius 1 is 1.17 bits per heavy atom. The highest BCUT2D eigenvalue weighted by atomic mass is 79.9. The number of aromatic nitrogens is 2. The van der Waals surface area contributed by atoms with Crippen molar-refractivity contribution in [3.63, 3.8) is 0 Å². The Bertz CT molecular complexity index is 734. The number of halogens is 2. The second-order valence-electron chi connectivity index (χ2n) is 4.12. The van der Waals surface area contributed by atoms with Crippen LogP contribution in [-0.2, 0) is 0 Å². The van der Waals surface area contributed by atoms with Gasteiger partial charge in [-0.25, -0.2) is 4.98 Å². The molecular weight excluding hydrogens is 312 g/mol. The second-order valence-corrected chi connectivity index (χ2v) is 5.27. The molecule has 0 radical (unpaired) electrons. The van der Waals surface area contributed by atoms with E-state index in [0.29, 0.717) is 5.02 Å². The summed E-state index contributed by atoms with van der Waals surface area (Å²) in [6, 6.07) is 11.8. The molecule has 0 bridgehead atoms. The molecule has 0 unspecified atom stereocenters. The van der Waals surface area contributed by atoms with Gasteiger partial charge in [0.1, 0.15) is 10.4 Å². The number of pyridine rings is 1. The van der Waals surface area contributed by atoms with E-state index in [1.807, 2.05) is 36.5 Å². The average Bonchev–Trinajstić information content (AvgIpc) is 2.69. The first-order valence-corrected chi connectivity index (χ1v) is 6.73. The Balaban J connectivity index is 2.38. The maximum Gasteiger partial charge on any atom is 0.147 e. The predicted molar refractivity (Wildman–Crippen MR) is 78.1 cm³/mol. The highest BCUT2D eigenvalue weighted by Crippen LogP contribution is 2.31. The zero-order valence-corrected chi connectivity index (χ0v) is 12.0. The van der Waals surface area contributed by atoms with Crippen LogP contribution in [0, 0.1) is 6.92 Å². The summed E-state index contributed by atoms with van der Waals surface area (Å²) in [4.78, 5) is 4.58. The molecule has 3 rings (SSSR count). The lowest BCUT2D eigenvalue weighted by atomic mass is 10.2. The average molecular weight is 322 g/mol. The van der Waals surface area contributed by atoms with Crippen LogP contribution in [0.1, 0.15) is 5.56 Å². The molecule has 4 heteroatoms. The van der Waals surface area contributed by atoms with Crippen molar-refractivity contribution in [3.8, 4) is 11.4 Å². The van der Waals surface area contributed by atoms with Gasteiger partial charge in [-0.05, 0) is 46.6 Å². The molecule has 1 aromatic carbocycles. The molecule has 0 aliphatic carbocycles. The lowest BCUT2D eigenvalue weighted by Crippen LogP contribution is -1.90. The van der Waals surface area contributed by atoms with Gasteiger partial charge >= 0.3 is 0 Å². The molecule has 0 saturated heterocycles. The van der Waals surface area contributed by atoms with Crippen LogP contribution in [0.15, 0.2) is 47.2 Å². The van der Waals surface area contributed by atoms with Crippen LogP contribution in [0.3, 0.4) is 0 Å². The van der Waals surface area contributed by atoms with Gasteiger partial charge in [-0.3, -0.25) is 4.40 Å². The van der Waals surface area contributed by atoms with Gasteiger partial charge in [0.2, 0.25) is 0 Å². The monoisotopic (exact) mass is 320 g/mol. The minimum atomic E-state index is 0.707. The first-order chi connectivity index (χ1) is 8.68. The fourth-order valence-electron chi connectivity index (χ4n) is 2.09. The van der Waals surface area contributed by atoms with E-state index in [-0.39, 0.29) is 0 Å². The first kappa shape index (κ1) is 11.8. The molecular formula is C14H10BrClN2. The van der Waals surface area contributed by atoms with Gasteiger partial charge in [-0.2, -0.15) is 0 Å². The Labute approximate surface area is 118 Å². The molecule has 0 N–H and O–H groups in total. The number of benzene rings is 1. The lowest BCUT2D eigenvalue weighted by Gasteiger charge is -2.04. The van der Waals surface area contributed by atoms with E-state index >= 15 is 0 Å². The van der Waals surface area contributed by atoms with E-state index in [1.54, 1.807) is 0 Å². The molecule has 0 spiro atoms. The second kappa shape index (κ2) is 4.41. The van der Waals surface area contributed by atoms with Gasteiger partial charge < -0.3 is 0 Å². The molecule has 0 aliphatic rings. The van der Waals surface area contributed by atoms with Crippen molar-refractivity contribution in [2.24, 2.45) is 0 Å². The smallest absolute Gasteiger partial charge is 0.147 e. The first-order valence-electron chi connectivity index (χ1n) is 5.56. The van der Waals surface area contributed by atoms with Crippen molar-refractivity contribution in [3.05, 3.63) is 57.8 Å². The summed E-state index contributed by atoms with van der Waals surface area (Å²) in [5.74, 6) is 0.853. The summed E-state index contributed by atoms with van der Waals surface area (Å²) in [7, 11) is 0. The van der Waals surface area contributed by atoms with Crippen molar-refractivity contribution in [2.45, 2.75) is 6.92 Å². The van der Waals surface area contributed by atoms with Crippen LogP contribution >= 0.6 is 27.5 Å². The number of hydrogen-bond acceptors (Lipinski definition) is 1. The van der Waals surface area contributed by atoms with Crippen LogP contribution in [0.2, 0.25) is 5.02 Å². The van der Waals surface area contributed by atoms with Gasteiger partial charge in [0.25, 0.3) is 0 Å². The Hall–Kier alpha value is -1.32. The zero-order chi connectivity index (χ0) is 12.7. The van der Waals surface area contributed by atoms with Crippen molar-refractivity contribution in [1.82, 2.24) is 9.38 Å². The standard InChI is InChI=1S/C14H10BrClN2/c1-9-5-4-8-18-12(9)13(15)17-14(18)10-6-2-3-7-11(10)16/h2-8H,1H3. The number of hydrogen-bond donors (Lipinski definition) is 0. The SMILES string of the molecule is Cc1cccn2c(-c3ccccc3Cl)nc(Br)c12. The normalized spacial score (nSPS) is 11.1. The van der Waals surface area contributed by atoms with Crippen LogP contribution in [0.4, 0.5) is 0 Å². The Morgan fingerprint density at radius 2 is 1.94 bits per heavy atom. The molecule has 0 saturated carbocycles. The van der Waals surface area contributed by atoms with Crippen LogP contribution < -0.4 is 0 Å². The fraction of sp³-hybridized carbons (Fsp3) is 0.0714. The summed E-state index contributed by atoms with van der Waals surface area (Å²) in [6.07, 6.45) is 2.00. The molecule has 0 fully saturated rings. The summed E-state index contributed by atoms with van der Waals surface area (Å²) >= 11 is 9.75. The fourth-order valence-corrected chi connectivity index (χ4v) is 2.98. The van der Waals surface area contributed by atoms with Gasteiger partial charge in [-0.15, -0.1) is 0 Å². The van der Waals surface area contributed by atoms with Gasteiger partial charge in [0, 0.05) is 11.8 Å². The molecule has 0 amide bonds. The quantitative estimate of drug-likeness (QED) is 0.633. The third kappa shape index (κ3) is 1.74. The van der Waals surface area contributed by atoms with E-state index in [4.69, 9.17) is 11.6 Å². The molecule has 3 aromatic rings. The number of nitrogens with zero attached hydrogens (tertiary/aromatic N) is 2. The molecule has 18 heavy (non-hydrogen) atoms. The molecule has 2 nitrogen and oxygen atoms in total. The minimum Gasteiger partial charge on any atom is -0.298 e. The van der Waals surface area contributed by atoms with Crippen LogP contribution in [-0.4, -0.2) is 9.38 Å². The maximum absolute atomic E-state index is 6.24. The summed E-state index contributed by atoms with van der Waals surface area (Å²) < 4.78 is 2.90. The number of rotatable bonds is 1. The number of imidazole rings is 1. The van der Waals surface area contributed by atoms with Crippen molar-refractivity contribution in [2.75, 3.05) is 0 Å². The molecule has 2 aromatic heterocycles. The summed E-state index contributed by atoms with van der Waals surface area (Å²) in [5, 5.41) is 0.707. The lowest BCUT2D eigenvalue weighted by molar-refractivity contribution is 1.15. The van der Waals surface area contributed by atoms with E-state index in [1.165, 1.54) is 5.56 Å². The van der Waals surface area contributed by atoms with E-state index in [0.717, 1.165) is 21.5 Å². The molecule has 2 heterocycles. The van der Waals surface area contributed by atoms with E-state index < -0.39 is 0 Å². The van der Waals surface area contributed by atoms with Gasteiger partial charge in [0.05, 0.1) is 10.5 Å². The van der Waals surface area contributed by atoms with E-state index in [9.17, 15) is 0 Å². The molecule has 90 valence electrons. The zero-order valence-electron chi connectivity index (χ0n) is 9.69. The maximum atomic E-state index is 6.24. The number of aryl methyl sites for hydroxylation is 1. The predicted octanol–water partition coefficient (Wildman–Crippen LogP) is 4.73. The van der Waals surface area contributed by atoms with Crippen molar-refractivity contribution in [1.29, 1.82) is 0 Å². The largest absolute Gasteiger partial charge is 0.298 e. The highest BCUT2D eigenvalue weighted by molar-refractivity contribution is 9.10. The van der Waals surface area contributed by atoms with Crippen LogP contribution in [0.25, 0.3) is 16.9 Å². The Kier molecular flexibility index (Phi) is 2.88. The van der Waals surface area contributed by atoms with E-state index in [2.05, 4.69) is 38.3 Å². The number of fused-ring (bicyclic) bond motifs is 1. The third-order valence-corrected chi connectivity index (χ3v) is 3.82. The van der Waals surface area contributed by atoms with Crippen molar-refractivity contribution < 1.29 is 0 Å². The highest BCUT2D eigenvalue weighted by Gasteiger charge is 2.14. The summed E-state index contributed by atoms with van der Waals surface area (Å²) in [5.41, 5.74) is 3.19. The molecule has 0 aliphatic heterocycles.